The minimum Gasteiger partial charge on any atom is -0.307 e. The summed E-state index contributed by atoms with van der Waals surface area (Å²) >= 11 is 0. The van der Waals surface area contributed by atoms with E-state index in [9.17, 15) is 0 Å². The Kier molecular flexibility index (Phi) is 4.30. The molecule has 2 aromatic carbocycles. The quantitative estimate of drug-likeness (QED) is 0.803. The Morgan fingerprint density at radius 1 is 0.952 bits per heavy atom. The van der Waals surface area contributed by atoms with Gasteiger partial charge in [-0.2, -0.15) is 0 Å². The van der Waals surface area contributed by atoms with E-state index >= 15 is 0 Å². The summed E-state index contributed by atoms with van der Waals surface area (Å²) in [4.78, 5) is 0. The molecule has 1 heteroatoms. The van der Waals surface area contributed by atoms with Crippen LogP contribution in [0.15, 0.2) is 42.5 Å². The van der Waals surface area contributed by atoms with Gasteiger partial charge < -0.3 is 5.32 Å². The van der Waals surface area contributed by atoms with Gasteiger partial charge in [0.15, 0.2) is 0 Å². The zero-order valence-corrected chi connectivity index (χ0v) is 13.5. The zero-order valence-electron chi connectivity index (χ0n) is 13.5. The van der Waals surface area contributed by atoms with E-state index in [2.05, 4.69) is 68.6 Å². The molecule has 0 bridgehead atoms. The van der Waals surface area contributed by atoms with Gasteiger partial charge in [-0.25, -0.2) is 0 Å². The molecule has 0 saturated heterocycles. The Morgan fingerprint density at radius 3 is 2.38 bits per heavy atom. The average molecular weight is 281 g/mol. The first-order valence-corrected chi connectivity index (χ1v) is 8.40. The smallest absolute Gasteiger partial charge is 0.0300 e. The largest absolute Gasteiger partial charge is 0.307 e. The second-order valence-electron chi connectivity index (χ2n) is 6.87. The molecule has 1 aliphatic carbocycles. The third-order valence-corrected chi connectivity index (χ3v) is 5.28. The van der Waals surface area contributed by atoms with Gasteiger partial charge in [-0.3, -0.25) is 0 Å². The molecule has 112 valence electrons. The fourth-order valence-corrected chi connectivity index (χ4v) is 4.02. The number of hydrogen-bond donors (Lipinski definition) is 1. The highest BCUT2D eigenvalue weighted by atomic mass is 15.0. The summed E-state index contributed by atoms with van der Waals surface area (Å²) in [7, 11) is 0. The number of hydrogen-bond acceptors (Lipinski definition) is 1. The topological polar surface area (TPSA) is 12.0 Å². The molecule has 0 amide bonds. The van der Waals surface area contributed by atoms with Crippen LogP contribution >= 0.6 is 0 Å². The summed E-state index contributed by atoms with van der Waals surface area (Å²) in [5.41, 5.74) is 1.43. The lowest BCUT2D eigenvalue weighted by Crippen LogP contribution is -2.43. The molecule has 1 aliphatic rings. The summed E-state index contributed by atoms with van der Waals surface area (Å²) in [5.74, 6) is 1.57. The molecule has 1 N–H and O–H groups in total. The van der Waals surface area contributed by atoms with Crippen LogP contribution < -0.4 is 5.32 Å². The number of nitrogens with one attached hydrogen (secondary N) is 1. The van der Waals surface area contributed by atoms with Gasteiger partial charge in [0.1, 0.15) is 0 Å². The molecule has 2 aromatic rings. The van der Waals surface area contributed by atoms with Crippen molar-refractivity contribution >= 4 is 10.8 Å². The normalized spacial score (nSPS) is 27.7. The van der Waals surface area contributed by atoms with E-state index in [1.165, 1.54) is 35.6 Å². The molecule has 1 nitrogen and oxygen atoms in total. The Morgan fingerprint density at radius 2 is 1.62 bits per heavy atom. The van der Waals surface area contributed by atoms with Crippen molar-refractivity contribution in [3.05, 3.63) is 48.0 Å². The van der Waals surface area contributed by atoms with E-state index in [1.54, 1.807) is 0 Å². The van der Waals surface area contributed by atoms with Gasteiger partial charge in [0.25, 0.3) is 0 Å². The Bertz CT molecular complexity index is 588. The van der Waals surface area contributed by atoms with E-state index in [-0.39, 0.29) is 0 Å². The molecular formula is C20H27N. The van der Waals surface area contributed by atoms with Gasteiger partial charge in [-0.05, 0) is 47.9 Å². The van der Waals surface area contributed by atoms with Gasteiger partial charge >= 0.3 is 0 Å². The predicted molar refractivity (Wildman–Crippen MR) is 91.5 cm³/mol. The van der Waals surface area contributed by atoms with Gasteiger partial charge in [0, 0.05) is 12.1 Å². The molecule has 3 rings (SSSR count). The van der Waals surface area contributed by atoms with Crippen molar-refractivity contribution in [1.82, 2.24) is 5.32 Å². The van der Waals surface area contributed by atoms with E-state index in [1.807, 2.05) is 0 Å². The molecule has 0 aromatic heterocycles. The highest BCUT2D eigenvalue weighted by Crippen LogP contribution is 2.32. The fourth-order valence-electron chi connectivity index (χ4n) is 4.02. The molecule has 0 heterocycles. The third kappa shape index (κ3) is 2.98. The van der Waals surface area contributed by atoms with E-state index in [0.717, 1.165) is 11.8 Å². The summed E-state index contributed by atoms with van der Waals surface area (Å²) in [6.07, 6.45) is 4.12. The number of rotatable bonds is 3. The Labute approximate surface area is 128 Å². The van der Waals surface area contributed by atoms with E-state index < -0.39 is 0 Å². The second kappa shape index (κ2) is 6.19. The molecular weight excluding hydrogens is 254 g/mol. The van der Waals surface area contributed by atoms with Crippen molar-refractivity contribution in [3.63, 3.8) is 0 Å². The van der Waals surface area contributed by atoms with Gasteiger partial charge in [0.05, 0.1) is 0 Å². The van der Waals surface area contributed by atoms with Crippen LogP contribution in [0, 0.1) is 11.8 Å². The molecule has 21 heavy (non-hydrogen) atoms. The number of benzene rings is 2. The van der Waals surface area contributed by atoms with Crippen molar-refractivity contribution in [1.29, 1.82) is 0 Å². The maximum atomic E-state index is 3.93. The van der Waals surface area contributed by atoms with Crippen LogP contribution in [0.2, 0.25) is 0 Å². The van der Waals surface area contributed by atoms with Crippen molar-refractivity contribution in [2.45, 2.75) is 52.1 Å². The maximum Gasteiger partial charge on any atom is 0.0300 e. The molecule has 0 spiro atoms. The summed E-state index contributed by atoms with van der Waals surface area (Å²) < 4.78 is 0. The summed E-state index contributed by atoms with van der Waals surface area (Å²) in [5, 5.41) is 6.65. The second-order valence-corrected chi connectivity index (χ2v) is 6.87. The number of fused-ring (bicyclic) bond motifs is 1. The lowest BCUT2D eigenvalue weighted by molar-refractivity contribution is 0.196. The molecule has 3 unspecified atom stereocenters. The van der Waals surface area contributed by atoms with Crippen molar-refractivity contribution in [2.75, 3.05) is 0 Å². The first-order chi connectivity index (χ1) is 10.2. The van der Waals surface area contributed by atoms with Crippen LogP contribution in [0.1, 0.15) is 51.6 Å². The van der Waals surface area contributed by atoms with E-state index in [0.29, 0.717) is 12.1 Å². The zero-order chi connectivity index (χ0) is 14.8. The van der Waals surface area contributed by atoms with Crippen molar-refractivity contribution < 1.29 is 0 Å². The first kappa shape index (κ1) is 14.6. The minimum absolute atomic E-state index is 0.407. The van der Waals surface area contributed by atoms with Crippen LogP contribution in [0.4, 0.5) is 0 Å². The average Bonchev–Trinajstić information content (AvgIpc) is 2.50. The lowest BCUT2D eigenvalue weighted by atomic mass is 9.78. The summed E-state index contributed by atoms with van der Waals surface area (Å²) in [6.45, 7) is 7.13. The van der Waals surface area contributed by atoms with Crippen molar-refractivity contribution in [2.24, 2.45) is 11.8 Å². The van der Waals surface area contributed by atoms with Crippen LogP contribution in [-0.4, -0.2) is 6.04 Å². The molecule has 0 radical (unpaired) electrons. The minimum atomic E-state index is 0.407. The fraction of sp³-hybridized carbons (Fsp3) is 0.500. The molecule has 3 atom stereocenters. The molecule has 1 saturated carbocycles. The highest BCUT2D eigenvalue weighted by Gasteiger charge is 2.28. The van der Waals surface area contributed by atoms with E-state index in [4.69, 9.17) is 0 Å². The predicted octanol–water partition coefficient (Wildman–Crippen LogP) is 5.32. The summed E-state index contributed by atoms with van der Waals surface area (Å²) in [6, 6.07) is 16.4. The Hall–Kier alpha value is -1.34. The van der Waals surface area contributed by atoms with Crippen LogP contribution in [0.25, 0.3) is 10.8 Å². The van der Waals surface area contributed by atoms with Crippen LogP contribution in [0.5, 0.6) is 0 Å². The van der Waals surface area contributed by atoms with Crippen LogP contribution in [0.3, 0.4) is 0 Å². The Balaban J connectivity index is 1.85. The first-order valence-electron chi connectivity index (χ1n) is 8.40. The monoisotopic (exact) mass is 281 g/mol. The van der Waals surface area contributed by atoms with Crippen LogP contribution in [-0.2, 0) is 0 Å². The van der Waals surface area contributed by atoms with Gasteiger partial charge in [-0.1, -0.05) is 62.7 Å². The maximum absolute atomic E-state index is 3.93. The van der Waals surface area contributed by atoms with Gasteiger partial charge in [0.2, 0.25) is 0 Å². The highest BCUT2D eigenvalue weighted by molar-refractivity contribution is 5.86. The van der Waals surface area contributed by atoms with Crippen molar-refractivity contribution in [3.8, 4) is 0 Å². The third-order valence-electron chi connectivity index (χ3n) is 5.28. The van der Waals surface area contributed by atoms with Gasteiger partial charge in [-0.15, -0.1) is 0 Å². The molecule has 0 aliphatic heterocycles. The lowest BCUT2D eigenvalue weighted by Gasteiger charge is -2.37. The standard InChI is InChI=1S/C20H27N/c1-14-8-6-9-15(2)20(14)21-16(3)18-13-7-11-17-10-4-5-12-19(17)18/h4-5,7,10-16,20-21H,6,8-9H2,1-3H3. The SMILES string of the molecule is CC(NC1C(C)CCCC1C)c1cccc2ccccc12. The molecule has 1 fully saturated rings.